The SMILES string of the molecule is O=S([O-])[O-].OO.[Ca+2]. The maximum absolute atomic E-state index is 8.44. The molecule has 2 N–H and O–H groups in total. The molecule has 0 aliphatic heterocycles. The Morgan fingerprint density at radius 2 is 1.29 bits per heavy atom. The summed E-state index contributed by atoms with van der Waals surface area (Å²) in [5.41, 5.74) is 0. The van der Waals surface area contributed by atoms with E-state index < -0.39 is 11.4 Å². The summed E-state index contributed by atoms with van der Waals surface area (Å²) in [4.78, 5) is 0. The first-order valence-electron chi connectivity index (χ1n) is 0.700. The van der Waals surface area contributed by atoms with Crippen LogP contribution in [-0.2, 0) is 11.4 Å². The smallest absolute Gasteiger partial charge is 0.784 e. The molecular formula is H2CaO5S. The molecule has 0 saturated carbocycles. The molecule has 0 atom stereocenters. The Balaban J connectivity index is -0.0000000480. The average Bonchev–Trinajstić information content (AvgIpc) is 1.41. The maximum atomic E-state index is 8.44. The van der Waals surface area contributed by atoms with Crippen molar-refractivity contribution in [2.45, 2.75) is 0 Å². The van der Waals surface area contributed by atoms with Gasteiger partial charge in [-0.2, -0.15) is 0 Å². The van der Waals surface area contributed by atoms with Gasteiger partial charge in [-0.3, -0.25) is 14.7 Å². The standard InChI is InChI=1S/Ca.H2O3S.H2O2/c;1-4(2)3;1-2/h;(H2,1,2,3);1-2H/q+2;;/p-2. The van der Waals surface area contributed by atoms with E-state index in [1.807, 2.05) is 0 Å². The summed E-state index contributed by atoms with van der Waals surface area (Å²) < 4.78 is 25.3. The molecule has 0 aromatic rings. The Bertz CT molecular complexity index is 31.1. The van der Waals surface area contributed by atoms with Crippen LogP contribution in [0.3, 0.4) is 0 Å². The quantitative estimate of drug-likeness (QED) is 0.194. The summed E-state index contributed by atoms with van der Waals surface area (Å²) in [7, 11) is 0. The van der Waals surface area contributed by atoms with Crippen LogP contribution in [0.4, 0.5) is 0 Å². The van der Waals surface area contributed by atoms with E-state index in [4.69, 9.17) is 23.8 Å². The second kappa shape index (κ2) is 15.7. The third-order valence-corrected chi connectivity index (χ3v) is 0. The van der Waals surface area contributed by atoms with Gasteiger partial charge >= 0.3 is 37.7 Å². The van der Waals surface area contributed by atoms with E-state index >= 15 is 0 Å². The van der Waals surface area contributed by atoms with E-state index in [-0.39, 0.29) is 37.7 Å². The van der Waals surface area contributed by atoms with Gasteiger partial charge in [0.2, 0.25) is 0 Å². The van der Waals surface area contributed by atoms with Gasteiger partial charge in [-0.25, -0.2) is 0 Å². The van der Waals surface area contributed by atoms with Gasteiger partial charge in [0, 0.05) is 0 Å². The third kappa shape index (κ3) is 128. The van der Waals surface area contributed by atoms with Gasteiger partial charge in [0.1, 0.15) is 0 Å². The molecule has 0 bridgehead atoms. The van der Waals surface area contributed by atoms with Gasteiger partial charge < -0.3 is 9.11 Å². The summed E-state index contributed by atoms with van der Waals surface area (Å²) in [6.07, 6.45) is 0. The van der Waals surface area contributed by atoms with E-state index in [0.717, 1.165) is 0 Å². The normalized spacial score (nSPS) is 5.86. The van der Waals surface area contributed by atoms with Crippen LogP contribution in [0.2, 0.25) is 0 Å². The molecule has 7 heteroatoms. The fourth-order valence-corrected chi connectivity index (χ4v) is 0. The molecule has 0 fully saturated rings. The van der Waals surface area contributed by atoms with Crippen molar-refractivity contribution in [2.24, 2.45) is 0 Å². The molecule has 0 amide bonds. The summed E-state index contributed by atoms with van der Waals surface area (Å²) in [6.45, 7) is 0. The molecule has 40 valence electrons. The molecule has 0 aliphatic rings. The molecule has 5 nitrogen and oxygen atoms in total. The summed E-state index contributed by atoms with van der Waals surface area (Å²) in [5, 5.41) is 12.0. The first-order chi connectivity index (χ1) is 2.73. The van der Waals surface area contributed by atoms with Crippen molar-refractivity contribution in [1.82, 2.24) is 0 Å². The van der Waals surface area contributed by atoms with Crippen LogP contribution < -0.4 is 0 Å². The summed E-state index contributed by atoms with van der Waals surface area (Å²) in [5.74, 6) is 0. The zero-order valence-corrected chi connectivity index (χ0v) is 6.26. The number of hydrogen-bond donors (Lipinski definition) is 2. The predicted molar refractivity (Wildman–Crippen MR) is 20.7 cm³/mol. The van der Waals surface area contributed by atoms with Crippen molar-refractivity contribution in [2.75, 3.05) is 0 Å². The number of rotatable bonds is 0. The van der Waals surface area contributed by atoms with Crippen LogP contribution in [-0.4, -0.2) is 61.6 Å². The maximum Gasteiger partial charge on any atom is 2.00 e. The van der Waals surface area contributed by atoms with Crippen molar-refractivity contribution in [3.8, 4) is 0 Å². The van der Waals surface area contributed by atoms with Crippen molar-refractivity contribution in [3.63, 3.8) is 0 Å². The number of hydrogen-bond acceptors (Lipinski definition) is 5. The van der Waals surface area contributed by atoms with Gasteiger partial charge in [-0.1, -0.05) is 0 Å². The molecule has 0 aromatic heterocycles. The monoisotopic (exact) mass is 154 g/mol. The Labute approximate surface area is 72.4 Å². The Kier molecular flexibility index (Phi) is 35.2. The molecule has 0 aromatic carbocycles. The van der Waals surface area contributed by atoms with Crippen LogP contribution in [0.5, 0.6) is 0 Å². The van der Waals surface area contributed by atoms with E-state index in [1.165, 1.54) is 0 Å². The molecule has 0 spiro atoms. The van der Waals surface area contributed by atoms with Crippen molar-refractivity contribution in [1.29, 1.82) is 0 Å². The van der Waals surface area contributed by atoms with Crippen molar-refractivity contribution in [3.05, 3.63) is 0 Å². The molecule has 0 rings (SSSR count). The van der Waals surface area contributed by atoms with E-state index in [1.54, 1.807) is 0 Å². The second-order valence-electron chi connectivity index (χ2n) is 0.204. The van der Waals surface area contributed by atoms with Crippen molar-refractivity contribution < 1.29 is 23.8 Å². The van der Waals surface area contributed by atoms with E-state index in [9.17, 15) is 0 Å². The predicted octanol–water partition coefficient (Wildman–Crippen LogP) is -1.37. The molecule has 0 saturated heterocycles. The van der Waals surface area contributed by atoms with Crippen molar-refractivity contribution >= 4 is 49.1 Å². The molecule has 7 heavy (non-hydrogen) atoms. The zero-order valence-electron chi connectivity index (χ0n) is 3.23. The minimum atomic E-state index is -3.11. The van der Waals surface area contributed by atoms with Gasteiger partial charge in [0.15, 0.2) is 0 Å². The topological polar surface area (TPSA) is 104 Å². The van der Waals surface area contributed by atoms with Crippen LogP contribution >= 0.6 is 0 Å². The zero-order chi connectivity index (χ0) is 5.58. The van der Waals surface area contributed by atoms with Gasteiger partial charge in [-0.15, -0.1) is 11.4 Å². The summed E-state index contributed by atoms with van der Waals surface area (Å²) >= 11 is -3.11. The molecular weight excluding hydrogens is 152 g/mol. The first-order valence-corrected chi connectivity index (χ1v) is 1.70. The van der Waals surface area contributed by atoms with Crippen LogP contribution in [0.15, 0.2) is 0 Å². The fourth-order valence-electron chi connectivity index (χ4n) is 0. The largest absolute Gasteiger partial charge is 2.00 e. The first kappa shape index (κ1) is 15.7. The molecule has 0 aliphatic carbocycles. The Morgan fingerprint density at radius 3 is 1.29 bits per heavy atom. The van der Waals surface area contributed by atoms with Gasteiger partial charge in [0.05, 0.1) is 0 Å². The van der Waals surface area contributed by atoms with Gasteiger partial charge in [0.25, 0.3) is 0 Å². The molecule has 0 heterocycles. The second-order valence-corrected chi connectivity index (χ2v) is 0.612. The van der Waals surface area contributed by atoms with Crippen LogP contribution in [0, 0.1) is 0 Å². The minimum Gasteiger partial charge on any atom is -0.784 e. The van der Waals surface area contributed by atoms with Gasteiger partial charge in [-0.05, 0) is 0 Å². The van der Waals surface area contributed by atoms with Crippen LogP contribution in [0.1, 0.15) is 0 Å². The molecule has 0 radical (unpaired) electrons. The average molecular weight is 154 g/mol. The van der Waals surface area contributed by atoms with E-state index in [2.05, 4.69) is 0 Å². The summed E-state index contributed by atoms with van der Waals surface area (Å²) in [6, 6.07) is 0. The third-order valence-electron chi connectivity index (χ3n) is 0. The Morgan fingerprint density at radius 1 is 1.29 bits per heavy atom. The fraction of sp³-hybridized carbons (Fsp3) is 0. The Hall–Kier alpha value is 1.25. The molecule has 0 unspecified atom stereocenters. The van der Waals surface area contributed by atoms with Crippen LogP contribution in [0.25, 0.3) is 0 Å². The minimum absolute atomic E-state index is 0. The van der Waals surface area contributed by atoms with E-state index in [0.29, 0.717) is 0 Å².